The summed E-state index contributed by atoms with van der Waals surface area (Å²) in [5, 5.41) is 7.13. The maximum Gasteiger partial charge on any atom is 0.221 e. The van der Waals surface area contributed by atoms with E-state index in [9.17, 15) is 4.79 Å². The number of anilines is 1. The van der Waals surface area contributed by atoms with Crippen LogP contribution in [0.25, 0.3) is 10.9 Å². The van der Waals surface area contributed by atoms with Gasteiger partial charge >= 0.3 is 0 Å². The molecule has 1 aromatic heterocycles. The lowest BCUT2D eigenvalue weighted by Gasteiger charge is -2.09. The first kappa shape index (κ1) is 12.4. The van der Waals surface area contributed by atoms with E-state index in [0.29, 0.717) is 19.5 Å². The summed E-state index contributed by atoms with van der Waals surface area (Å²) in [6, 6.07) is 9.88. The number of amides is 1. The van der Waals surface area contributed by atoms with Gasteiger partial charge in [0.05, 0.1) is 5.52 Å². The third-order valence-electron chi connectivity index (χ3n) is 2.69. The van der Waals surface area contributed by atoms with Gasteiger partial charge in [0.25, 0.3) is 0 Å². The number of pyridine rings is 1. The monoisotopic (exact) mass is 243 g/mol. The largest absolute Gasteiger partial charge is 0.384 e. The van der Waals surface area contributed by atoms with Gasteiger partial charge in [-0.15, -0.1) is 0 Å². The highest BCUT2D eigenvalue weighted by atomic mass is 16.1. The smallest absolute Gasteiger partial charge is 0.221 e. The molecule has 0 unspecified atom stereocenters. The number of carbonyl (C=O) groups is 1. The molecule has 0 spiro atoms. The maximum atomic E-state index is 11.3. The lowest BCUT2D eigenvalue weighted by Crippen LogP contribution is -2.24. The van der Waals surface area contributed by atoms with Crippen LogP contribution < -0.4 is 10.6 Å². The van der Waals surface area contributed by atoms with E-state index in [-0.39, 0.29) is 5.91 Å². The molecule has 94 valence electrons. The Kier molecular flexibility index (Phi) is 4.12. The highest BCUT2D eigenvalue weighted by molar-refractivity contribution is 5.91. The minimum absolute atomic E-state index is 0.0726. The molecule has 0 fully saturated rings. The Labute approximate surface area is 106 Å². The molecule has 0 saturated carbocycles. The molecule has 2 rings (SSSR count). The van der Waals surface area contributed by atoms with Crippen LogP contribution in [0.3, 0.4) is 0 Å². The number of hydrogen-bond acceptors (Lipinski definition) is 3. The number of fused-ring (bicyclic) bond motifs is 1. The first-order chi connectivity index (χ1) is 8.81. The van der Waals surface area contributed by atoms with Gasteiger partial charge in [-0.3, -0.25) is 9.78 Å². The molecular weight excluding hydrogens is 226 g/mol. The number of benzene rings is 1. The molecular formula is C14H17N3O. The van der Waals surface area contributed by atoms with Crippen LogP contribution in [-0.4, -0.2) is 24.0 Å². The second-order valence-corrected chi connectivity index (χ2v) is 4.01. The molecule has 2 N–H and O–H groups in total. The molecule has 2 aromatic rings. The highest BCUT2D eigenvalue weighted by Gasteiger charge is 2.02. The van der Waals surface area contributed by atoms with Crippen LogP contribution in [0.5, 0.6) is 0 Å². The fraction of sp³-hybridized carbons (Fsp3) is 0.286. The fourth-order valence-corrected chi connectivity index (χ4v) is 1.85. The zero-order chi connectivity index (χ0) is 12.8. The van der Waals surface area contributed by atoms with Gasteiger partial charge in [-0.05, 0) is 19.1 Å². The average Bonchev–Trinajstić information content (AvgIpc) is 2.39. The number of nitrogens with one attached hydrogen (secondary N) is 2. The topological polar surface area (TPSA) is 54.0 Å². The van der Waals surface area contributed by atoms with E-state index in [2.05, 4.69) is 15.6 Å². The standard InChI is InChI=1S/C14H17N3O/c1-2-15-14(18)8-10-17-13-7-9-16-12-6-4-3-5-11(12)13/h3-7,9H,2,8,10H2,1H3,(H,15,18)(H,16,17). The first-order valence-electron chi connectivity index (χ1n) is 6.15. The van der Waals surface area contributed by atoms with Crippen molar-refractivity contribution in [3.05, 3.63) is 36.5 Å². The normalized spacial score (nSPS) is 10.3. The predicted octanol–water partition coefficient (Wildman–Crippen LogP) is 2.17. The molecule has 1 heterocycles. The Bertz CT molecular complexity index is 534. The molecule has 0 bridgehead atoms. The summed E-state index contributed by atoms with van der Waals surface area (Å²) in [5.41, 5.74) is 1.98. The van der Waals surface area contributed by atoms with Gasteiger partial charge in [-0.2, -0.15) is 0 Å². The van der Waals surface area contributed by atoms with Crippen molar-refractivity contribution in [2.75, 3.05) is 18.4 Å². The number of rotatable bonds is 5. The van der Waals surface area contributed by atoms with E-state index >= 15 is 0 Å². The molecule has 18 heavy (non-hydrogen) atoms. The highest BCUT2D eigenvalue weighted by Crippen LogP contribution is 2.20. The zero-order valence-corrected chi connectivity index (χ0v) is 10.4. The van der Waals surface area contributed by atoms with E-state index in [1.807, 2.05) is 37.3 Å². The van der Waals surface area contributed by atoms with E-state index in [4.69, 9.17) is 0 Å². The molecule has 4 heteroatoms. The van der Waals surface area contributed by atoms with Crippen molar-refractivity contribution in [1.29, 1.82) is 0 Å². The number of hydrogen-bond donors (Lipinski definition) is 2. The van der Waals surface area contributed by atoms with Crippen molar-refractivity contribution in [3.8, 4) is 0 Å². The van der Waals surface area contributed by atoms with Crippen LogP contribution >= 0.6 is 0 Å². The molecule has 4 nitrogen and oxygen atoms in total. The lowest BCUT2D eigenvalue weighted by atomic mass is 10.2. The van der Waals surface area contributed by atoms with E-state index in [1.165, 1.54) is 0 Å². The van der Waals surface area contributed by atoms with Crippen molar-refractivity contribution in [2.45, 2.75) is 13.3 Å². The zero-order valence-electron chi connectivity index (χ0n) is 10.4. The van der Waals surface area contributed by atoms with Crippen LogP contribution in [0.1, 0.15) is 13.3 Å². The summed E-state index contributed by atoms with van der Waals surface area (Å²) < 4.78 is 0. The van der Waals surface area contributed by atoms with Crippen LogP contribution in [0, 0.1) is 0 Å². The third-order valence-corrected chi connectivity index (χ3v) is 2.69. The Balaban J connectivity index is 2.01. The lowest BCUT2D eigenvalue weighted by molar-refractivity contribution is -0.120. The number of nitrogens with zero attached hydrogens (tertiary/aromatic N) is 1. The van der Waals surface area contributed by atoms with Gasteiger partial charge < -0.3 is 10.6 Å². The molecule has 0 saturated heterocycles. The van der Waals surface area contributed by atoms with Crippen LogP contribution in [-0.2, 0) is 4.79 Å². The Morgan fingerprint density at radius 2 is 2.11 bits per heavy atom. The van der Waals surface area contributed by atoms with Gasteiger partial charge in [0, 0.05) is 36.8 Å². The molecule has 1 amide bonds. The summed E-state index contributed by atoms with van der Waals surface area (Å²) in [6.45, 7) is 3.22. The van der Waals surface area contributed by atoms with Crippen molar-refractivity contribution < 1.29 is 4.79 Å². The second-order valence-electron chi connectivity index (χ2n) is 4.01. The molecule has 0 aliphatic rings. The van der Waals surface area contributed by atoms with Gasteiger partial charge in [0.2, 0.25) is 5.91 Å². The fourth-order valence-electron chi connectivity index (χ4n) is 1.85. The van der Waals surface area contributed by atoms with Gasteiger partial charge in [0.15, 0.2) is 0 Å². The molecule has 0 radical (unpaired) electrons. The summed E-state index contributed by atoms with van der Waals surface area (Å²) in [4.78, 5) is 15.6. The van der Waals surface area contributed by atoms with Crippen molar-refractivity contribution >= 4 is 22.5 Å². The van der Waals surface area contributed by atoms with Gasteiger partial charge in [-0.25, -0.2) is 0 Å². The van der Waals surface area contributed by atoms with E-state index in [1.54, 1.807) is 6.20 Å². The van der Waals surface area contributed by atoms with Crippen LogP contribution in [0.4, 0.5) is 5.69 Å². The summed E-state index contributed by atoms with van der Waals surface area (Å²) in [7, 11) is 0. The molecule has 0 atom stereocenters. The molecule has 1 aromatic carbocycles. The van der Waals surface area contributed by atoms with Crippen molar-refractivity contribution in [1.82, 2.24) is 10.3 Å². The minimum Gasteiger partial charge on any atom is -0.384 e. The number of carbonyl (C=O) groups excluding carboxylic acids is 1. The van der Waals surface area contributed by atoms with E-state index in [0.717, 1.165) is 16.6 Å². The summed E-state index contributed by atoms with van der Waals surface area (Å²) in [5.74, 6) is 0.0726. The Morgan fingerprint density at radius 1 is 1.28 bits per heavy atom. The Hall–Kier alpha value is -2.10. The van der Waals surface area contributed by atoms with Crippen LogP contribution in [0.2, 0.25) is 0 Å². The van der Waals surface area contributed by atoms with Crippen molar-refractivity contribution in [3.63, 3.8) is 0 Å². The Morgan fingerprint density at radius 3 is 2.94 bits per heavy atom. The first-order valence-corrected chi connectivity index (χ1v) is 6.15. The SMILES string of the molecule is CCNC(=O)CCNc1ccnc2ccccc12. The minimum atomic E-state index is 0.0726. The summed E-state index contributed by atoms with van der Waals surface area (Å²) in [6.07, 6.45) is 2.25. The molecule has 0 aliphatic heterocycles. The maximum absolute atomic E-state index is 11.3. The number of para-hydroxylation sites is 1. The van der Waals surface area contributed by atoms with E-state index < -0.39 is 0 Å². The van der Waals surface area contributed by atoms with Crippen molar-refractivity contribution in [2.24, 2.45) is 0 Å². The van der Waals surface area contributed by atoms with Gasteiger partial charge in [-0.1, -0.05) is 18.2 Å². The van der Waals surface area contributed by atoms with Crippen LogP contribution in [0.15, 0.2) is 36.5 Å². The quantitative estimate of drug-likeness (QED) is 0.846. The number of aromatic nitrogens is 1. The predicted molar refractivity (Wildman–Crippen MR) is 73.5 cm³/mol. The average molecular weight is 243 g/mol. The second kappa shape index (κ2) is 6.00. The third kappa shape index (κ3) is 2.97. The molecule has 0 aliphatic carbocycles. The summed E-state index contributed by atoms with van der Waals surface area (Å²) >= 11 is 0. The van der Waals surface area contributed by atoms with Gasteiger partial charge in [0.1, 0.15) is 0 Å².